The molecule has 24 heavy (non-hydrogen) atoms. The van der Waals surface area contributed by atoms with Crippen molar-refractivity contribution in [1.82, 2.24) is 20.5 Å². The summed E-state index contributed by atoms with van der Waals surface area (Å²) in [7, 11) is 0. The molecule has 2 N–H and O–H groups in total. The summed E-state index contributed by atoms with van der Waals surface area (Å²) in [6, 6.07) is 1.41. The Bertz CT molecular complexity index is 576. The minimum absolute atomic E-state index is 0.00216. The topological polar surface area (TPSA) is 74.3 Å². The number of aromatic nitrogens is 1. The standard InChI is InChI=1S/C18H28N4O2/c1-13-12-19-9-7-16(13)8-10-20-18(24)21-15(3)17(23)22-11-5-4-6-14(22)2/h7,9,12,14-15H,4-6,8,10-11H2,1-3H3,(H2,20,21,24)/t14-,15+/m0/s1. The van der Waals surface area contributed by atoms with Gasteiger partial charge in [-0.2, -0.15) is 0 Å². The van der Waals surface area contributed by atoms with Gasteiger partial charge < -0.3 is 15.5 Å². The maximum atomic E-state index is 12.5. The molecule has 0 unspecified atom stereocenters. The maximum Gasteiger partial charge on any atom is 0.315 e. The molecule has 1 aliphatic heterocycles. The molecule has 3 amide bonds. The van der Waals surface area contributed by atoms with Gasteiger partial charge in [-0.05, 0) is 63.6 Å². The Hall–Kier alpha value is -2.11. The molecule has 132 valence electrons. The Morgan fingerprint density at radius 3 is 2.92 bits per heavy atom. The summed E-state index contributed by atoms with van der Waals surface area (Å²) in [6.07, 6.45) is 7.56. The van der Waals surface area contributed by atoms with Crippen LogP contribution in [-0.4, -0.2) is 47.0 Å². The van der Waals surface area contributed by atoms with Crippen LogP contribution in [-0.2, 0) is 11.2 Å². The fraction of sp³-hybridized carbons (Fsp3) is 0.611. The fourth-order valence-corrected chi connectivity index (χ4v) is 3.08. The van der Waals surface area contributed by atoms with Gasteiger partial charge in [-0.3, -0.25) is 9.78 Å². The zero-order valence-corrected chi connectivity index (χ0v) is 14.8. The molecule has 2 heterocycles. The number of nitrogens with one attached hydrogen (secondary N) is 2. The molecular weight excluding hydrogens is 304 g/mol. The lowest BCUT2D eigenvalue weighted by molar-refractivity contribution is -0.136. The van der Waals surface area contributed by atoms with Crippen LogP contribution in [0.25, 0.3) is 0 Å². The molecule has 0 aromatic carbocycles. The number of piperidine rings is 1. The largest absolute Gasteiger partial charge is 0.338 e. The molecule has 0 spiro atoms. The van der Waals surface area contributed by atoms with Crippen molar-refractivity contribution in [2.24, 2.45) is 0 Å². The van der Waals surface area contributed by atoms with Gasteiger partial charge in [0.15, 0.2) is 0 Å². The summed E-state index contributed by atoms with van der Waals surface area (Å²) < 4.78 is 0. The van der Waals surface area contributed by atoms with Crippen molar-refractivity contribution in [1.29, 1.82) is 0 Å². The third-order valence-corrected chi connectivity index (χ3v) is 4.62. The first-order chi connectivity index (χ1) is 11.5. The van der Waals surface area contributed by atoms with Crippen molar-refractivity contribution in [2.45, 2.75) is 58.5 Å². The summed E-state index contributed by atoms with van der Waals surface area (Å²) in [5.41, 5.74) is 2.28. The van der Waals surface area contributed by atoms with Gasteiger partial charge in [0.25, 0.3) is 0 Å². The summed E-state index contributed by atoms with van der Waals surface area (Å²) in [6.45, 7) is 7.13. The summed E-state index contributed by atoms with van der Waals surface area (Å²) >= 11 is 0. The average Bonchev–Trinajstić information content (AvgIpc) is 2.56. The molecule has 1 saturated heterocycles. The van der Waals surface area contributed by atoms with Crippen LogP contribution in [0.15, 0.2) is 18.5 Å². The highest BCUT2D eigenvalue weighted by Gasteiger charge is 2.27. The summed E-state index contributed by atoms with van der Waals surface area (Å²) in [4.78, 5) is 30.4. The van der Waals surface area contributed by atoms with E-state index in [0.717, 1.165) is 36.9 Å². The van der Waals surface area contributed by atoms with E-state index in [0.29, 0.717) is 6.54 Å². The number of aryl methyl sites for hydroxylation is 1. The van der Waals surface area contributed by atoms with Crippen molar-refractivity contribution in [3.05, 3.63) is 29.6 Å². The minimum atomic E-state index is -0.506. The third-order valence-electron chi connectivity index (χ3n) is 4.62. The highest BCUT2D eigenvalue weighted by atomic mass is 16.2. The Morgan fingerprint density at radius 1 is 1.42 bits per heavy atom. The predicted octanol–water partition coefficient (Wildman–Crippen LogP) is 2.02. The predicted molar refractivity (Wildman–Crippen MR) is 93.7 cm³/mol. The smallest absolute Gasteiger partial charge is 0.315 e. The molecular formula is C18H28N4O2. The normalized spacial score (nSPS) is 18.8. The molecule has 2 atom stereocenters. The highest BCUT2D eigenvalue weighted by molar-refractivity contribution is 5.87. The number of pyridine rings is 1. The van der Waals surface area contributed by atoms with Crippen LogP contribution in [0, 0.1) is 6.92 Å². The molecule has 0 aliphatic carbocycles. The van der Waals surface area contributed by atoms with Gasteiger partial charge in [0, 0.05) is 31.5 Å². The van der Waals surface area contributed by atoms with Gasteiger partial charge in [-0.25, -0.2) is 4.79 Å². The number of nitrogens with zero attached hydrogens (tertiary/aromatic N) is 2. The second-order valence-electron chi connectivity index (χ2n) is 6.55. The Morgan fingerprint density at radius 2 is 2.21 bits per heavy atom. The second kappa shape index (κ2) is 8.66. The molecule has 6 heteroatoms. The zero-order valence-electron chi connectivity index (χ0n) is 14.8. The van der Waals surface area contributed by atoms with Crippen LogP contribution in [0.3, 0.4) is 0 Å². The Balaban J connectivity index is 1.75. The van der Waals surface area contributed by atoms with Crippen molar-refractivity contribution >= 4 is 11.9 Å². The molecule has 2 rings (SSSR count). The number of likely N-dealkylation sites (tertiary alicyclic amines) is 1. The van der Waals surface area contributed by atoms with Gasteiger partial charge in [-0.1, -0.05) is 0 Å². The van der Waals surface area contributed by atoms with Crippen LogP contribution < -0.4 is 10.6 Å². The van der Waals surface area contributed by atoms with E-state index in [1.54, 1.807) is 13.1 Å². The van der Waals surface area contributed by atoms with Crippen LogP contribution in [0.4, 0.5) is 4.79 Å². The Labute approximate surface area is 144 Å². The average molecular weight is 332 g/mol. The zero-order chi connectivity index (χ0) is 17.5. The van der Waals surface area contributed by atoms with E-state index >= 15 is 0 Å². The van der Waals surface area contributed by atoms with Gasteiger partial charge >= 0.3 is 6.03 Å². The molecule has 1 aromatic rings. The fourth-order valence-electron chi connectivity index (χ4n) is 3.08. The lowest BCUT2D eigenvalue weighted by Gasteiger charge is -2.35. The van der Waals surface area contributed by atoms with Crippen molar-refractivity contribution < 1.29 is 9.59 Å². The van der Waals surface area contributed by atoms with E-state index in [-0.39, 0.29) is 18.0 Å². The van der Waals surface area contributed by atoms with Gasteiger partial charge in [0.2, 0.25) is 5.91 Å². The Kier molecular flexibility index (Phi) is 6.58. The first-order valence-corrected chi connectivity index (χ1v) is 8.73. The third kappa shape index (κ3) is 4.94. The number of amides is 3. The second-order valence-corrected chi connectivity index (χ2v) is 6.55. The van der Waals surface area contributed by atoms with Crippen LogP contribution in [0.2, 0.25) is 0 Å². The van der Waals surface area contributed by atoms with E-state index in [9.17, 15) is 9.59 Å². The monoisotopic (exact) mass is 332 g/mol. The highest BCUT2D eigenvalue weighted by Crippen LogP contribution is 2.17. The lowest BCUT2D eigenvalue weighted by atomic mass is 10.0. The number of urea groups is 1. The number of hydrogen-bond donors (Lipinski definition) is 2. The molecule has 0 bridgehead atoms. The van der Waals surface area contributed by atoms with E-state index < -0.39 is 6.04 Å². The molecule has 1 aromatic heterocycles. The van der Waals surface area contributed by atoms with Crippen LogP contribution in [0.5, 0.6) is 0 Å². The van der Waals surface area contributed by atoms with Crippen LogP contribution in [0.1, 0.15) is 44.2 Å². The SMILES string of the molecule is Cc1cnccc1CCNC(=O)N[C@H](C)C(=O)N1CCCC[C@@H]1C. The molecule has 1 aliphatic rings. The first kappa shape index (κ1) is 18.2. The molecule has 6 nitrogen and oxygen atoms in total. The van der Waals surface area contributed by atoms with E-state index in [1.165, 1.54) is 6.42 Å². The van der Waals surface area contributed by atoms with Crippen molar-refractivity contribution in [3.63, 3.8) is 0 Å². The minimum Gasteiger partial charge on any atom is -0.338 e. The van der Waals surface area contributed by atoms with E-state index in [4.69, 9.17) is 0 Å². The maximum absolute atomic E-state index is 12.5. The van der Waals surface area contributed by atoms with Gasteiger partial charge in [0.05, 0.1) is 0 Å². The summed E-state index contributed by atoms with van der Waals surface area (Å²) in [5.74, 6) is 0.00216. The van der Waals surface area contributed by atoms with Gasteiger partial charge in [-0.15, -0.1) is 0 Å². The van der Waals surface area contributed by atoms with E-state index in [1.807, 2.05) is 24.1 Å². The first-order valence-electron chi connectivity index (χ1n) is 8.73. The number of rotatable bonds is 5. The van der Waals surface area contributed by atoms with Crippen molar-refractivity contribution in [2.75, 3.05) is 13.1 Å². The van der Waals surface area contributed by atoms with Crippen molar-refractivity contribution in [3.8, 4) is 0 Å². The van der Waals surface area contributed by atoms with E-state index in [2.05, 4.69) is 22.5 Å². The molecule has 1 fully saturated rings. The molecule has 0 saturated carbocycles. The van der Waals surface area contributed by atoms with Crippen LogP contribution >= 0.6 is 0 Å². The lowest BCUT2D eigenvalue weighted by Crippen LogP contribution is -2.53. The number of carbonyl (C=O) groups is 2. The molecule has 0 radical (unpaired) electrons. The van der Waals surface area contributed by atoms with Gasteiger partial charge in [0.1, 0.15) is 6.04 Å². The number of hydrogen-bond acceptors (Lipinski definition) is 3. The summed E-state index contributed by atoms with van der Waals surface area (Å²) in [5, 5.41) is 5.56. The number of carbonyl (C=O) groups excluding carboxylic acids is 2. The quantitative estimate of drug-likeness (QED) is 0.866.